The van der Waals surface area contributed by atoms with Crippen LogP contribution in [0.25, 0.3) is 11.0 Å². The highest BCUT2D eigenvalue weighted by molar-refractivity contribution is 7.98. The lowest BCUT2D eigenvalue weighted by Gasteiger charge is -2.02. The smallest absolute Gasteiger partial charge is 0.387 e. The summed E-state index contributed by atoms with van der Waals surface area (Å²) >= 11 is 7.37. The van der Waals surface area contributed by atoms with Crippen LogP contribution in [0.1, 0.15) is 5.56 Å². The van der Waals surface area contributed by atoms with Crippen LogP contribution in [-0.4, -0.2) is 16.6 Å². The van der Waals surface area contributed by atoms with Gasteiger partial charge < -0.3 is 9.72 Å². The first-order valence-corrected chi connectivity index (χ1v) is 7.78. The number of alkyl halides is 2. The number of ether oxygens (including phenoxy) is 1. The van der Waals surface area contributed by atoms with E-state index in [0.717, 1.165) is 16.5 Å². The molecule has 0 amide bonds. The summed E-state index contributed by atoms with van der Waals surface area (Å²) in [6.45, 7) is -2.83. The Morgan fingerprint density at radius 2 is 1.95 bits per heavy atom. The number of nitrogens with one attached hydrogen (secondary N) is 1. The summed E-state index contributed by atoms with van der Waals surface area (Å²) in [5.74, 6) is 0.845. The van der Waals surface area contributed by atoms with Gasteiger partial charge in [0.1, 0.15) is 5.75 Å². The van der Waals surface area contributed by atoms with Crippen molar-refractivity contribution in [1.82, 2.24) is 9.97 Å². The van der Waals surface area contributed by atoms with Gasteiger partial charge in [-0.15, -0.1) is 0 Å². The molecule has 0 atom stereocenters. The number of benzene rings is 2. The molecule has 0 saturated carbocycles. The summed E-state index contributed by atoms with van der Waals surface area (Å²) in [5, 5.41) is 1.42. The number of halogens is 3. The number of aromatic nitrogens is 2. The van der Waals surface area contributed by atoms with E-state index in [-0.39, 0.29) is 5.75 Å². The first kappa shape index (κ1) is 15.1. The molecule has 0 fully saturated rings. The van der Waals surface area contributed by atoms with E-state index in [9.17, 15) is 8.78 Å². The van der Waals surface area contributed by atoms with Gasteiger partial charge in [-0.05, 0) is 29.8 Å². The van der Waals surface area contributed by atoms with Crippen molar-refractivity contribution in [3.8, 4) is 5.75 Å². The fraction of sp³-hybridized carbons (Fsp3) is 0.133. The predicted molar refractivity (Wildman–Crippen MR) is 83.7 cm³/mol. The number of rotatable bonds is 5. The van der Waals surface area contributed by atoms with E-state index >= 15 is 0 Å². The van der Waals surface area contributed by atoms with Crippen LogP contribution in [0.4, 0.5) is 8.78 Å². The zero-order chi connectivity index (χ0) is 15.5. The molecular weight excluding hydrogens is 330 g/mol. The molecule has 3 nitrogen and oxygen atoms in total. The molecule has 0 unspecified atom stereocenters. The molecule has 3 rings (SSSR count). The summed E-state index contributed by atoms with van der Waals surface area (Å²) < 4.78 is 28.8. The van der Waals surface area contributed by atoms with Crippen molar-refractivity contribution in [1.29, 1.82) is 0 Å². The van der Waals surface area contributed by atoms with Gasteiger partial charge >= 0.3 is 6.61 Å². The maximum Gasteiger partial charge on any atom is 0.387 e. The molecule has 2 aromatic carbocycles. The van der Waals surface area contributed by atoms with Gasteiger partial charge in [-0.2, -0.15) is 8.78 Å². The topological polar surface area (TPSA) is 37.9 Å². The minimum absolute atomic E-state index is 0.111. The number of H-pyrrole nitrogens is 1. The van der Waals surface area contributed by atoms with Crippen LogP contribution in [0.3, 0.4) is 0 Å². The van der Waals surface area contributed by atoms with Crippen LogP contribution in [-0.2, 0) is 5.75 Å². The Kier molecular flexibility index (Phi) is 4.49. The van der Waals surface area contributed by atoms with Gasteiger partial charge in [0.15, 0.2) is 5.16 Å². The molecule has 1 aromatic heterocycles. The summed E-state index contributed by atoms with van der Waals surface area (Å²) in [4.78, 5) is 7.50. The second kappa shape index (κ2) is 6.54. The van der Waals surface area contributed by atoms with Gasteiger partial charge in [0.05, 0.1) is 11.0 Å². The maximum absolute atomic E-state index is 12.2. The standard InChI is InChI=1S/C15H11ClF2N2OS/c16-10-3-1-9(2-4-10)8-22-15-19-12-6-5-11(21-14(17)18)7-13(12)20-15/h1-7,14H,8H2,(H,19,20). The van der Waals surface area contributed by atoms with E-state index in [0.29, 0.717) is 16.1 Å². The van der Waals surface area contributed by atoms with Crippen molar-refractivity contribution in [2.24, 2.45) is 0 Å². The highest BCUT2D eigenvalue weighted by Gasteiger charge is 2.08. The molecule has 0 aliphatic rings. The van der Waals surface area contributed by atoms with Gasteiger partial charge in [-0.25, -0.2) is 4.98 Å². The molecule has 7 heteroatoms. The first-order chi connectivity index (χ1) is 10.6. The highest BCUT2D eigenvalue weighted by Crippen LogP contribution is 2.26. The van der Waals surface area contributed by atoms with E-state index in [2.05, 4.69) is 14.7 Å². The van der Waals surface area contributed by atoms with Crippen LogP contribution in [0.15, 0.2) is 47.6 Å². The second-order valence-electron chi connectivity index (χ2n) is 4.51. The predicted octanol–water partition coefficient (Wildman–Crippen LogP) is 5.11. The lowest BCUT2D eigenvalue weighted by atomic mass is 10.2. The molecular formula is C15H11ClF2N2OS. The van der Waals surface area contributed by atoms with Gasteiger partial charge in [-0.3, -0.25) is 0 Å². The van der Waals surface area contributed by atoms with Crippen LogP contribution in [0.5, 0.6) is 5.75 Å². The largest absolute Gasteiger partial charge is 0.435 e. The zero-order valence-electron chi connectivity index (χ0n) is 11.2. The van der Waals surface area contributed by atoms with E-state index in [1.807, 2.05) is 24.3 Å². The van der Waals surface area contributed by atoms with Gasteiger partial charge in [0.2, 0.25) is 0 Å². The number of fused-ring (bicyclic) bond motifs is 1. The monoisotopic (exact) mass is 340 g/mol. The molecule has 0 saturated heterocycles. The summed E-state index contributed by atoms with van der Waals surface area (Å²) in [6.07, 6.45) is 0. The SMILES string of the molecule is FC(F)Oc1ccc2nc(SCc3ccc(Cl)cc3)[nH]c2c1. The molecule has 3 aromatic rings. The van der Waals surface area contributed by atoms with E-state index in [1.165, 1.54) is 23.9 Å². The van der Waals surface area contributed by atoms with Crippen molar-refractivity contribution in [2.75, 3.05) is 0 Å². The van der Waals surface area contributed by atoms with Crippen molar-refractivity contribution in [2.45, 2.75) is 17.5 Å². The van der Waals surface area contributed by atoms with Crippen molar-refractivity contribution in [3.05, 3.63) is 53.1 Å². The Labute approximate surface area is 134 Å². The van der Waals surface area contributed by atoms with Crippen LogP contribution in [0, 0.1) is 0 Å². The first-order valence-electron chi connectivity index (χ1n) is 6.42. The molecule has 1 heterocycles. The Balaban J connectivity index is 1.72. The zero-order valence-corrected chi connectivity index (χ0v) is 12.8. The molecule has 0 spiro atoms. The van der Waals surface area contributed by atoms with Gasteiger partial charge in [-0.1, -0.05) is 35.5 Å². The normalized spacial score (nSPS) is 11.3. The minimum atomic E-state index is -2.83. The average Bonchev–Trinajstić information content (AvgIpc) is 2.88. The minimum Gasteiger partial charge on any atom is -0.435 e. The number of thioether (sulfide) groups is 1. The maximum atomic E-state index is 12.2. The van der Waals surface area contributed by atoms with Gasteiger partial charge in [0, 0.05) is 16.8 Å². The number of imidazole rings is 1. The molecule has 0 aliphatic carbocycles. The van der Waals surface area contributed by atoms with Crippen molar-refractivity contribution in [3.63, 3.8) is 0 Å². The summed E-state index contributed by atoms with van der Waals surface area (Å²) in [7, 11) is 0. The van der Waals surface area contributed by atoms with E-state index in [4.69, 9.17) is 11.6 Å². The second-order valence-corrected chi connectivity index (χ2v) is 5.92. The number of hydrogen-bond donors (Lipinski definition) is 1. The lowest BCUT2D eigenvalue weighted by molar-refractivity contribution is -0.0497. The molecule has 0 radical (unpaired) electrons. The van der Waals surface area contributed by atoms with Crippen molar-refractivity contribution >= 4 is 34.4 Å². The molecule has 22 heavy (non-hydrogen) atoms. The summed E-state index contributed by atoms with van der Waals surface area (Å²) in [6, 6.07) is 12.2. The third kappa shape index (κ3) is 3.69. The Morgan fingerprint density at radius 1 is 1.18 bits per heavy atom. The third-order valence-corrected chi connectivity index (χ3v) is 4.14. The van der Waals surface area contributed by atoms with Gasteiger partial charge in [0.25, 0.3) is 0 Å². The number of hydrogen-bond acceptors (Lipinski definition) is 3. The quantitative estimate of drug-likeness (QED) is 0.656. The van der Waals surface area contributed by atoms with Crippen LogP contribution >= 0.6 is 23.4 Å². The molecule has 1 N–H and O–H groups in total. The van der Waals surface area contributed by atoms with Crippen molar-refractivity contribution < 1.29 is 13.5 Å². The Bertz CT molecular complexity index is 777. The Morgan fingerprint density at radius 3 is 2.68 bits per heavy atom. The average molecular weight is 341 g/mol. The van der Waals surface area contributed by atoms with E-state index in [1.54, 1.807) is 6.07 Å². The fourth-order valence-electron chi connectivity index (χ4n) is 1.94. The highest BCUT2D eigenvalue weighted by atomic mass is 35.5. The third-order valence-electron chi connectivity index (χ3n) is 2.95. The summed E-state index contributed by atoms with van der Waals surface area (Å²) in [5.41, 5.74) is 2.49. The number of aromatic amines is 1. The molecule has 0 aliphatic heterocycles. The van der Waals surface area contributed by atoms with E-state index < -0.39 is 6.61 Å². The number of nitrogens with zero attached hydrogens (tertiary/aromatic N) is 1. The molecule has 0 bridgehead atoms. The fourth-order valence-corrected chi connectivity index (χ4v) is 2.91. The lowest BCUT2D eigenvalue weighted by Crippen LogP contribution is -2.01. The Hall–Kier alpha value is -1.79. The van der Waals surface area contributed by atoms with Crippen LogP contribution < -0.4 is 4.74 Å². The molecule has 114 valence electrons. The van der Waals surface area contributed by atoms with Crippen LogP contribution in [0.2, 0.25) is 5.02 Å².